The van der Waals surface area contributed by atoms with E-state index < -0.39 is 0 Å². The molecule has 1 aromatic rings. The standard InChI is InChI=1S/C11H14BrNO/c1-13-6-9(7-13)8-14-11-4-2-10(12)3-5-11/h2-5,9H,6-8H2,1H3. The third-order valence-corrected chi connectivity index (χ3v) is 2.97. The highest BCUT2D eigenvalue weighted by molar-refractivity contribution is 9.10. The van der Waals surface area contributed by atoms with Crippen LogP contribution in [0.3, 0.4) is 0 Å². The summed E-state index contributed by atoms with van der Waals surface area (Å²) in [7, 11) is 2.14. The first-order chi connectivity index (χ1) is 6.74. The molecule has 0 aliphatic carbocycles. The molecule has 76 valence electrons. The van der Waals surface area contributed by atoms with Crippen molar-refractivity contribution in [3.63, 3.8) is 0 Å². The molecule has 0 amide bonds. The summed E-state index contributed by atoms with van der Waals surface area (Å²) in [5, 5.41) is 0. The molecule has 14 heavy (non-hydrogen) atoms. The van der Waals surface area contributed by atoms with Crippen LogP contribution in [0.1, 0.15) is 0 Å². The van der Waals surface area contributed by atoms with Gasteiger partial charge in [-0.05, 0) is 31.3 Å². The molecule has 1 aliphatic rings. The van der Waals surface area contributed by atoms with Gasteiger partial charge in [-0.3, -0.25) is 0 Å². The van der Waals surface area contributed by atoms with Gasteiger partial charge in [-0.15, -0.1) is 0 Å². The molecular weight excluding hydrogens is 242 g/mol. The zero-order chi connectivity index (χ0) is 9.97. The largest absolute Gasteiger partial charge is 0.493 e. The number of halogens is 1. The molecule has 2 nitrogen and oxygen atoms in total. The van der Waals surface area contributed by atoms with Crippen LogP contribution in [-0.2, 0) is 0 Å². The monoisotopic (exact) mass is 255 g/mol. The molecular formula is C11H14BrNO. The molecule has 1 aliphatic heterocycles. The number of rotatable bonds is 3. The van der Waals surface area contributed by atoms with Crippen LogP contribution in [0.25, 0.3) is 0 Å². The second kappa shape index (κ2) is 4.32. The van der Waals surface area contributed by atoms with E-state index in [1.807, 2.05) is 24.3 Å². The van der Waals surface area contributed by atoms with Gasteiger partial charge >= 0.3 is 0 Å². The Hall–Kier alpha value is -0.540. The molecule has 2 rings (SSSR count). The van der Waals surface area contributed by atoms with Gasteiger partial charge in [0.15, 0.2) is 0 Å². The number of nitrogens with zero attached hydrogens (tertiary/aromatic N) is 1. The molecule has 1 aromatic carbocycles. The van der Waals surface area contributed by atoms with Gasteiger partial charge in [-0.2, -0.15) is 0 Å². The first-order valence-corrected chi connectivity index (χ1v) is 5.60. The summed E-state index contributed by atoms with van der Waals surface area (Å²) in [4.78, 5) is 2.30. The fourth-order valence-electron chi connectivity index (χ4n) is 1.68. The van der Waals surface area contributed by atoms with Crippen LogP contribution in [0.15, 0.2) is 28.7 Å². The van der Waals surface area contributed by atoms with E-state index in [4.69, 9.17) is 4.74 Å². The second-order valence-electron chi connectivity index (χ2n) is 3.85. The maximum Gasteiger partial charge on any atom is 0.119 e. The lowest BCUT2D eigenvalue weighted by Gasteiger charge is -2.35. The quantitative estimate of drug-likeness (QED) is 0.823. The highest BCUT2D eigenvalue weighted by Gasteiger charge is 2.23. The van der Waals surface area contributed by atoms with Gasteiger partial charge in [0.2, 0.25) is 0 Å². The van der Waals surface area contributed by atoms with Gasteiger partial charge in [0, 0.05) is 23.5 Å². The topological polar surface area (TPSA) is 12.5 Å². The fraction of sp³-hybridized carbons (Fsp3) is 0.455. The van der Waals surface area contributed by atoms with E-state index in [1.54, 1.807) is 0 Å². The molecule has 0 unspecified atom stereocenters. The average Bonchev–Trinajstić information content (AvgIpc) is 2.13. The third kappa shape index (κ3) is 2.49. The molecule has 0 atom stereocenters. The first kappa shape index (κ1) is 9.99. The maximum atomic E-state index is 5.67. The molecule has 0 aromatic heterocycles. The zero-order valence-electron chi connectivity index (χ0n) is 8.24. The minimum absolute atomic E-state index is 0.712. The minimum Gasteiger partial charge on any atom is -0.493 e. The summed E-state index contributed by atoms with van der Waals surface area (Å²) < 4.78 is 6.76. The fourth-order valence-corrected chi connectivity index (χ4v) is 1.94. The van der Waals surface area contributed by atoms with Crippen LogP contribution < -0.4 is 4.74 Å². The van der Waals surface area contributed by atoms with E-state index in [-0.39, 0.29) is 0 Å². The smallest absolute Gasteiger partial charge is 0.119 e. The Bertz CT molecular complexity index is 293. The molecule has 0 bridgehead atoms. The maximum absolute atomic E-state index is 5.67. The van der Waals surface area contributed by atoms with Crippen LogP contribution in [0.4, 0.5) is 0 Å². The van der Waals surface area contributed by atoms with Gasteiger partial charge in [0.05, 0.1) is 6.61 Å². The minimum atomic E-state index is 0.712. The van der Waals surface area contributed by atoms with Crippen molar-refractivity contribution in [3.8, 4) is 5.75 Å². The normalized spacial score (nSPS) is 17.9. The highest BCUT2D eigenvalue weighted by atomic mass is 79.9. The van der Waals surface area contributed by atoms with Gasteiger partial charge in [0.25, 0.3) is 0 Å². The molecule has 1 saturated heterocycles. The van der Waals surface area contributed by atoms with Crippen molar-refractivity contribution >= 4 is 15.9 Å². The summed E-state index contributed by atoms with van der Waals surface area (Å²) in [6, 6.07) is 7.99. The van der Waals surface area contributed by atoms with Crippen molar-refractivity contribution < 1.29 is 4.74 Å². The van der Waals surface area contributed by atoms with Crippen LogP contribution in [-0.4, -0.2) is 31.6 Å². The Balaban J connectivity index is 1.78. The average molecular weight is 256 g/mol. The Morgan fingerprint density at radius 2 is 2.00 bits per heavy atom. The Morgan fingerprint density at radius 3 is 2.57 bits per heavy atom. The first-order valence-electron chi connectivity index (χ1n) is 4.81. The van der Waals surface area contributed by atoms with Crippen LogP contribution in [0, 0.1) is 5.92 Å². The van der Waals surface area contributed by atoms with Gasteiger partial charge in [-0.1, -0.05) is 15.9 Å². The van der Waals surface area contributed by atoms with Crippen molar-refractivity contribution in [1.82, 2.24) is 4.90 Å². The van der Waals surface area contributed by atoms with Crippen molar-refractivity contribution in [2.24, 2.45) is 5.92 Å². The van der Waals surface area contributed by atoms with Crippen LogP contribution in [0.2, 0.25) is 0 Å². The number of hydrogen-bond donors (Lipinski definition) is 0. The molecule has 0 spiro atoms. The van der Waals surface area contributed by atoms with E-state index in [9.17, 15) is 0 Å². The van der Waals surface area contributed by atoms with Crippen molar-refractivity contribution in [1.29, 1.82) is 0 Å². The third-order valence-electron chi connectivity index (χ3n) is 2.44. The van der Waals surface area contributed by atoms with E-state index >= 15 is 0 Å². The predicted octanol–water partition coefficient (Wildman–Crippen LogP) is 2.39. The molecule has 1 fully saturated rings. The SMILES string of the molecule is CN1CC(COc2ccc(Br)cc2)C1. The van der Waals surface area contributed by atoms with Gasteiger partial charge in [0.1, 0.15) is 5.75 Å². The van der Waals surface area contributed by atoms with Crippen LogP contribution in [0.5, 0.6) is 5.75 Å². The Morgan fingerprint density at radius 1 is 1.36 bits per heavy atom. The van der Waals surface area contributed by atoms with Crippen molar-refractivity contribution in [2.75, 3.05) is 26.7 Å². The van der Waals surface area contributed by atoms with Gasteiger partial charge < -0.3 is 9.64 Å². The zero-order valence-corrected chi connectivity index (χ0v) is 9.83. The number of hydrogen-bond acceptors (Lipinski definition) is 2. The van der Waals surface area contributed by atoms with E-state index in [0.717, 1.165) is 29.9 Å². The van der Waals surface area contributed by atoms with E-state index in [1.165, 1.54) is 0 Å². The Labute approximate surface area is 93.0 Å². The summed E-state index contributed by atoms with van der Waals surface area (Å²) in [6.07, 6.45) is 0. The lowest BCUT2D eigenvalue weighted by Crippen LogP contribution is -2.46. The number of benzene rings is 1. The lowest BCUT2D eigenvalue weighted by molar-refractivity contribution is 0.0857. The van der Waals surface area contributed by atoms with Crippen molar-refractivity contribution in [3.05, 3.63) is 28.7 Å². The molecule has 0 radical (unpaired) electrons. The summed E-state index contributed by atoms with van der Waals surface area (Å²) in [6.45, 7) is 3.17. The Kier molecular flexibility index (Phi) is 3.08. The number of likely N-dealkylation sites (tertiary alicyclic amines) is 1. The number of ether oxygens (including phenoxy) is 1. The van der Waals surface area contributed by atoms with E-state index in [0.29, 0.717) is 5.92 Å². The molecule has 3 heteroatoms. The summed E-state index contributed by atoms with van der Waals surface area (Å²) in [5.41, 5.74) is 0. The summed E-state index contributed by atoms with van der Waals surface area (Å²) in [5.74, 6) is 1.67. The molecule has 1 heterocycles. The van der Waals surface area contributed by atoms with Crippen molar-refractivity contribution in [2.45, 2.75) is 0 Å². The van der Waals surface area contributed by atoms with Crippen LogP contribution >= 0.6 is 15.9 Å². The molecule has 0 N–H and O–H groups in total. The highest BCUT2D eigenvalue weighted by Crippen LogP contribution is 2.18. The predicted molar refractivity (Wildman–Crippen MR) is 60.6 cm³/mol. The lowest BCUT2D eigenvalue weighted by atomic mass is 10.0. The van der Waals surface area contributed by atoms with Gasteiger partial charge in [-0.25, -0.2) is 0 Å². The van der Waals surface area contributed by atoms with E-state index in [2.05, 4.69) is 27.9 Å². The molecule has 0 saturated carbocycles. The summed E-state index contributed by atoms with van der Waals surface area (Å²) >= 11 is 3.40. The second-order valence-corrected chi connectivity index (χ2v) is 4.77.